The van der Waals surface area contributed by atoms with Crippen LogP contribution in [0.1, 0.15) is 17.4 Å². The van der Waals surface area contributed by atoms with E-state index in [2.05, 4.69) is 16.9 Å². The fourth-order valence-corrected chi connectivity index (χ4v) is 3.67. The van der Waals surface area contributed by atoms with Gasteiger partial charge in [-0.1, -0.05) is 19.1 Å². The van der Waals surface area contributed by atoms with Gasteiger partial charge in [0.2, 0.25) is 0 Å². The maximum Gasteiger partial charge on any atom is 0.272 e. The third-order valence-electron chi connectivity index (χ3n) is 5.47. The van der Waals surface area contributed by atoms with Crippen LogP contribution < -0.4 is 4.74 Å². The molecule has 4 rings (SSSR count). The SMILES string of the molecule is CCN1CCN(C(=O)c2cc(-c3cccc(OC)c3)nn2-c2ccc(F)cc2)CC1. The van der Waals surface area contributed by atoms with Crippen molar-refractivity contribution >= 4 is 5.91 Å². The Morgan fingerprint density at radius 3 is 2.47 bits per heavy atom. The average molecular weight is 408 g/mol. The van der Waals surface area contributed by atoms with Gasteiger partial charge in [0.25, 0.3) is 5.91 Å². The maximum atomic E-state index is 13.5. The monoisotopic (exact) mass is 408 g/mol. The van der Waals surface area contributed by atoms with Gasteiger partial charge < -0.3 is 14.5 Å². The molecule has 0 unspecified atom stereocenters. The van der Waals surface area contributed by atoms with Crippen LogP contribution in [-0.4, -0.2) is 65.3 Å². The molecule has 156 valence electrons. The van der Waals surface area contributed by atoms with Crippen molar-refractivity contribution in [3.63, 3.8) is 0 Å². The van der Waals surface area contributed by atoms with Gasteiger partial charge >= 0.3 is 0 Å². The van der Waals surface area contributed by atoms with E-state index in [1.54, 1.807) is 30.0 Å². The Kier molecular flexibility index (Phi) is 5.81. The molecule has 2 aromatic carbocycles. The minimum absolute atomic E-state index is 0.0725. The van der Waals surface area contributed by atoms with E-state index < -0.39 is 0 Å². The predicted octanol–water partition coefficient (Wildman–Crippen LogP) is 3.46. The number of amides is 1. The molecule has 1 aliphatic rings. The third-order valence-corrected chi connectivity index (χ3v) is 5.47. The molecule has 3 aromatic rings. The zero-order chi connectivity index (χ0) is 21.1. The van der Waals surface area contributed by atoms with Crippen molar-refractivity contribution < 1.29 is 13.9 Å². The Balaban J connectivity index is 1.73. The van der Waals surface area contributed by atoms with Crippen LogP contribution in [-0.2, 0) is 0 Å². The molecule has 0 saturated carbocycles. The van der Waals surface area contributed by atoms with Gasteiger partial charge in [0, 0.05) is 31.7 Å². The lowest BCUT2D eigenvalue weighted by Crippen LogP contribution is -2.48. The van der Waals surface area contributed by atoms with Gasteiger partial charge in [-0.3, -0.25) is 4.79 Å². The van der Waals surface area contributed by atoms with E-state index in [-0.39, 0.29) is 11.7 Å². The minimum Gasteiger partial charge on any atom is -0.497 e. The molecule has 1 amide bonds. The number of ether oxygens (including phenoxy) is 1. The molecular weight excluding hydrogens is 383 g/mol. The molecule has 1 aliphatic heterocycles. The topological polar surface area (TPSA) is 50.6 Å². The second-order valence-electron chi connectivity index (χ2n) is 7.26. The quantitative estimate of drug-likeness (QED) is 0.649. The summed E-state index contributed by atoms with van der Waals surface area (Å²) >= 11 is 0. The smallest absolute Gasteiger partial charge is 0.272 e. The number of hydrogen-bond acceptors (Lipinski definition) is 4. The summed E-state index contributed by atoms with van der Waals surface area (Å²) in [5.41, 5.74) is 2.61. The first kappa shape index (κ1) is 20.1. The van der Waals surface area contributed by atoms with E-state index >= 15 is 0 Å². The first-order valence-electron chi connectivity index (χ1n) is 10.1. The van der Waals surface area contributed by atoms with E-state index in [0.29, 0.717) is 35.9 Å². The summed E-state index contributed by atoms with van der Waals surface area (Å²) in [5.74, 6) is 0.312. The van der Waals surface area contributed by atoms with Gasteiger partial charge in [-0.25, -0.2) is 9.07 Å². The molecule has 0 N–H and O–H groups in total. The number of hydrogen-bond donors (Lipinski definition) is 0. The third kappa shape index (κ3) is 4.07. The van der Waals surface area contributed by atoms with Crippen LogP contribution >= 0.6 is 0 Å². The summed E-state index contributed by atoms with van der Waals surface area (Å²) in [7, 11) is 1.61. The summed E-state index contributed by atoms with van der Waals surface area (Å²) in [6, 6.07) is 15.3. The van der Waals surface area contributed by atoms with E-state index in [9.17, 15) is 9.18 Å². The zero-order valence-corrected chi connectivity index (χ0v) is 17.2. The normalized spacial score (nSPS) is 14.7. The highest BCUT2D eigenvalue weighted by Gasteiger charge is 2.26. The van der Waals surface area contributed by atoms with Crippen LogP contribution in [0, 0.1) is 5.82 Å². The van der Waals surface area contributed by atoms with Gasteiger partial charge in [-0.15, -0.1) is 0 Å². The Labute approximate surface area is 175 Å². The molecule has 0 radical (unpaired) electrons. The highest BCUT2D eigenvalue weighted by molar-refractivity contribution is 5.94. The minimum atomic E-state index is -0.331. The first-order chi connectivity index (χ1) is 14.6. The van der Waals surface area contributed by atoms with E-state index in [1.165, 1.54) is 12.1 Å². The summed E-state index contributed by atoms with van der Waals surface area (Å²) < 4.78 is 20.4. The molecule has 6 nitrogen and oxygen atoms in total. The van der Waals surface area contributed by atoms with E-state index in [0.717, 1.165) is 25.2 Å². The Morgan fingerprint density at radius 2 is 1.80 bits per heavy atom. The maximum absolute atomic E-state index is 13.5. The van der Waals surface area contributed by atoms with Crippen molar-refractivity contribution in [2.75, 3.05) is 39.8 Å². The van der Waals surface area contributed by atoms with Crippen molar-refractivity contribution in [3.8, 4) is 22.7 Å². The number of benzene rings is 2. The van der Waals surface area contributed by atoms with Crippen molar-refractivity contribution in [1.29, 1.82) is 0 Å². The van der Waals surface area contributed by atoms with Crippen LogP contribution in [0.4, 0.5) is 4.39 Å². The van der Waals surface area contributed by atoms with Gasteiger partial charge in [0.05, 0.1) is 18.5 Å². The van der Waals surface area contributed by atoms with E-state index in [4.69, 9.17) is 4.74 Å². The molecule has 0 bridgehead atoms. The molecule has 2 heterocycles. The molecule has 0 aliphatic carbocycles. The Hall–Kier alpha value is -3.19. The second-order valence-corrected chi connectivity index (χ2v) is 7.26. The number of rotatable bonds is 5. The molecule has 7 heteroatoms. The van der Waals surface area contributed by atoms with Crippen LogP contribution in [0.2, 0.25) is 0 Å². The van der Waals surface area contributed by atoms with Crippen LogP contribution in [0.3, 0.4) is 0 Å². The summed E-state index contributed by atoms with van der Waals surface area (Å²) in [6.07, 6.45) is 0. The number of carbonyl (C=O) groups is 1. The highest BCUT2D eigenvalue weighted by Crippen LogP contribution is 2.26. The van der Waals surface area contributed by atoms with Crippen LogP contribution in [0.15, 0.2) is 54.6 Å². The van der Waals surface area contributed by atoms with Crippen molar-refractivity contribution in [2.24, 2.45) is 0 Å². The predicted molar refractivity (Wildman–Crippen MR) is 114 cm³/mol. The average Bonchev–Trinajstić information content (AvgIpc) is 3.24. The number of likely N-dealkylation sites (N-methyl/N-ethyl adjacent to an activating group) is 1. The highest BCUT2D eigenvalue weighted by atomic mass is 19.1. The molecule has 0 atom stereocenters. The number of piperazine rings is 1. The van der Waals surface area contributed by atoms with Crippen molar-refractivity contribution in [3.05, 3.63) is 66.1 Å². The lowest BCUT2D eigenvalue weighted by Gasteiger charge is -2.34. The summed E-state index contributed by atoms with van der Waals surface area (Å²) in [5, 5.41) is 4.68. The largest absolute Gasteiger partial charge is 0.497 e. The van der Waals surface area contributed by atoms with Crippen LogP contribution in [0.5, 0.6) is 5.75 Å². The fraction of sp³-hybridized carbons (Fsp3) is 0.304. The molecule has 1 aromatic heterocycles. The zero-order valence-electron chi connectivity index (χ0n) is 17.2. The molecule has 30 heavy (non-hydrogen) atoms. The van der Waals surface area contributed by atoms with Gasteiger partial charge in [-0.05, 0) is 49.0 Å². The number of nitrogens with zero attached hydrogens (tertiary/aromatic N) is 4. The number of carbonyl (C=O) groups excluding carboxylic acids is 1. The Morgan fingerprint density at radius 1 is 1.07 bits per heavy atom. The lowest BCUT2D eigenvalue weighted by molar-refractivity contribution is 0.0634. The molecule has 1 fully saturated rings. The molecule has 1 saturated heterocycles. The van der Waals surface area contributed by atoms with Gasteiger partial charge in [0.15, 0.2) is 0 Å². The molecule has 0 spiro atoms. The van der Waals surface area contributed by atoms with Crippen molar-refractivity contribution in [1.82, 2.24) is 19.6 Å². The second kappa shape index (κ2) is 8.67. The number of methoxy groups -OCH3 is 1. The first-order valence-corrected chi connectivity index (χ1v) is 10.1. The number of aromatic nitrogens is 2. The fourth-order valence-electron chi connectivity index (χ4n) is 3.67. The van der Waals surface area contributed by atoms with Gasteiger partial charge in [0.1, 0.15) is 17.3 Å². The molecular formula is C23H25FN4O2. The van der Waals surface area contributed by atoms with Crippen LogP contribution in [0.25, 0.3) is 16.9 Å². The lowest BCUT2D eigenvalue weighted by atomic mass is 10.1. The van der Waals surface area contributed by atoms with E-state index in [1.807, 2.05) is 29.2 Å². The van der Waals surface area contributed by atoms with Gasteiger partial charge in [-0.2, -0.15) is 5.10 Å². The summed E-state index contributed by atoms with van der Waals surface area (Å²) in [6.45, 7) is 6.17. The van der Waals surface area contributed by atoms with Crippen molar-refractivity contribution in [2.45, 2.75) is 6.92 Å². The summed E-state index contributed by atoms with van der Waals surface area (Å²) in [4.78, 5) is 17.6. The Bertz CT molecular complexity index is 1020. The number of halogens is 1. The standard InChI is InChI=1S/C23H25FN4O2/c1-3-26-11-13-27(14-12-26)23(29)22-16-21(17-5-4-6-20(15-17)30-2)25-28(22)19-9-7-18(24)8-10-19/h4-10,15-16H,3,11-14H2,1-2H3.